The SMILES string of the molecule is CC(CN)(NS(=O)(=O)c1cc[nH]c1)C1CC1. The molecule has 0 saturated heterocycles. The second kappa shape index (κ2) is 3.87. The third-order valence-electron chi connectivity index (χ3n) is 3.15. The molecule has 2 rings (SSSR count). The molecule has 6 heteroatoms. The van der Waals surface area contributed by atoms with E-state index in [2.05, 4.69) is 9.71 Å². The van der Waals surface area contributed by atoms with Crippen LogP contribution >= 0.6 is 0 Å². The van der Waals surface area contributed by atoms with Crippen LogP contribution < -0.4 is 10.5 Å². The van der Waals surface area contributed by atoms with Crippen LogP contribution in [0.3, 0.4) is 0 Å². The van der Waals surface area contributed by atoms with Gasteiger partial charge in [-0.25, -0.2) is 13.1 Å². The zero-order chi connectivity index (χ0) is 11.8. The van der Waals surface area contributed by atoms with Crippen molar-refractivity contribution in [3.05, 3.63) is 18.5 Å². The molecule has 1 aliphatic carbocycles. The van der Waals surface area contributed by atoms with Gasteiger partial charge < -0.3 is 10.7 Å². The number of sulfonamides is 1. The van der Waals surface area contributed by atoms with Crippen molar-refractivity contribution in [1.29, 1.82) is 0 Å². The molecule has 90 valence electrons. The van der Waals surface area contributed by atoms with Gasteiger partial charge in [0.25, 0.3) is 0 Å². The molecule has 0 bridgehead atoms. The van der Waals surface area contributed by atoms with E-state index in [0.29, 0.717) is 12.5 Å². The molecule has 16 heavy (non-hydrogen) atoms. The molecule has 0 aromatic carbocycles. The maximum atomic E-state index is 12.0. The predicted octanol–water partition coefficient (Wildman–Crippen LogP) is 0.420. The van der Waals surface area contributed by atoms with Crippen molar-refractivity contribution < 1.29 is 8.42 Å². The molecule has 1 saturated carbocycles. The van der Waals surface area contributed by atoms with Crippen molar-refractivity contribution in [1.82, 2.24) is 9.71 Å². The van der Waals surface area contributed by atoms with Crippen molar-refractivity contribution in [3.63, 3.8) is 0 Å². The Morgan fingerprint density at radius 3 is 2.75 bits per heavy atom. The van der Waals surface area contributed by atoms with Gasteiger partial charge in [0, 0.05) is 24.5 Å². The molecule has 1 aromatic rings. The van der Waals surface area contributed by atoms with Crippen LogP contribution in [0.4, 0.5) is 0 Å². The first-order valence-corrected chi connectivity index (χ1v) is 6.83. The Morgan fingerprint density at radius 2 is 2.31 bits per heavy atom. The van der Waals surface area contributed by atoms with Crippen molar-refractivity contribution in [2.24, 2.45) is 11.7 Å². The van der Waals surface area contributed by atoms with Crippen LogP contribution in [0.25, 0.3) is 0 Å². The molecule has 1 heterocycles. The molecule has 1 aliphatic rings. The van der Waals surface area contributed by atoms with Gasteiger partial charge in [-0.1, -0.05) is 0 Å². The minimum Gasteiger partial charge on any atom is -0.366 e. The molecular weight excluding hydrogens is 226 g/mol. The molecule has 5 nitrogen and oxygen atoms in total. The maximum absolute atomic E-state index is 12.0. The summed E-state index contributed by atoms with van der Waals surface area (Å²) in [6.07, 6.45) is 5.14. The highest BCUT2D eigenvalue weighted by Crippen LogP contribution is 2.39. The molecule has 0 aliphatic heterocycles. The van der Waals surface area contributed by atoms with Crippen LogP contribution in [0.5, 0.6) is 0 Å². The Bertz CT molecular complexity index is 450. The van der Waals surface area contributed by atoms with Gasteiger partial charge in [-0.15, -0.1) is 0 Å². The van der Waals surface area contributed by atoms with Crippen LogP contribution in [-0.4, -0.2) is 25.5 Å². The molecule has 1 fully saturated rings. The van der Waals surface area contributed by atoms with E-state index in [4.69, 9.17) is 5.73 Å². The van der Waals surface area contributed by atoms with E-state index in [1.165, 1.54) is 12.3 Å². The van der Waals surface area contributed by atoms with Crippen molar-refractivity contribution in [3.8, 4) is 0 Å². The normalized spacial score (nSPS) is 20.6. The molecule has 0 spiro atoms. The van der Waals surface area contributed by atoms with E-state index in [1.54, 1.807) is 6.20 Å². The third-order valence-corrected chi connectivity index (χ3v) is 4.76. The van der Waals surface area contributed by atoms with Crippen LogP contribution in [0.1, 0.15) is 19.8 Å². The largest absolute Gasteiger partial charge is 0.366 e. The van der Waals surface area contributed by atoms with Crippen LogP contribution in [-0.2, 0) is 10.0 Å². The second-order valence-electron chi connectivity index (χ2n) is 4.55. The van der Waals surface area contributed by atoms with E-state index >= 15 is 0 Å². The van der Waals surface area contributed by atoms with E-state index in [0.717, 1.165) is 12.8 Å². The minimum absolute atomic E-state index is 0.257. The molecule has 4 N–H and O–H groups in total. The van der Waals surface area contributed by atoms with Crippen molar-refractivity contribution in [2.75, 3.05) is 6.54 Å². The number of rotatable bonds is 5. The fourth-order valence-corrected chi connectivity index (χ4v) is 3.31. The minimum atomic E-state index is -3.45. The molecule has 0 radical (unpaired) electrons. The smallest absolute Gasteiger partial charge is 0.242 e. The summed E-state index contributed by atoms with van der Waals surface area (Å²) in [4.78, 5) is 2.99. The van der Waals surface area contributed by atoms with E-state index in [9.17, 15) is 8.42 Å². The summed E-state index contributed by atoms with van der Waals surface area (Å²) in [5.41, 5.74) is 5.16. The Labute approximate surface area is 95.5 Å². The highest BCUT2D eigenvalue weighted by Gasteiger charge is 2.43. The number of nitrogens with two attached hydrogens (primary N) is 1. The zero-order valence-corrected chi connectivity index (χ0v) is 10.0. The fourth-order valence-electron chi connectivity index (χ4n) is 1.85. The summed E-state index contributed by atoms with van der Waals surface area (Å²) < 4.78 is 26.7. The summed E-state index contributed by atoms with van der Waals surface area (Å²) in [6.45, 7) is 2.19. The number of hydrogen-bond donors (Lipinski definition) is 3. The third kappa shape index (κ3) is 2.14. The topological polar surface area (TPSA) is 88.0 Å². The molecular formula is C10H17N3O2S. The van der Waals surface area contributed by atoms with Crippen LogP contribution in [0.15, 0.2) is 23.4 Å². The highest BCUT2D eigenvalue weighted by molar-refractivity contribution is 7.89. The lowest BCUT2D eigenvalue weighted by Crippen LogP contribution is -2.52. The predicted molar refractivity (Wildman–Crippen MR) is 61.3 cm³/mol. The van der Waals surface area contributed by atoms with Gasteiger partial charge in [-0.05, 0) is 31.7 Å². The Kier molecular flexibility index (Phi) is 2.81. The van der Waals surface area contributed by atoms with Gasteiger partial charge in [0.2, 0.25) is 10.0 Å². The van der Waals surface area contributed by atoms with Gasteiger partial charge in [-0.2, -0.15) is 0 Å². The Balaban J connectivity index is 2.20. The lowest BCUT2D eigenvalue weighted by Gasteiger charge is -2.28. The fraction of sp³-hybridized carbons (Fsp3) is 0.600. The standard InChI is InChI=1S/C10H17N3O2S/c1-10(7-11,8-2-3-8)13-16(14,15)9-4-5-12-6-9/h4-6,8,12-13H,2-3,7,11H2,1H3. The average molecular weight is 243 g/mol. The first-order chi connectivity index (χ1) is 7.48. The highest BCUT2D eigenvalue weighted by atomic mass is 32.2. The number of hydrogen-bond acceptors (Lipinski definition) is 3. The monoisotopic (exact) mass is 243 g/mol. The maximum Gasteiger partial charge on any atom is 0.242 e. The lowest BCUT2D eigenvalue weighted by molar-refractivity contribution is 0.374. The first kappa shape index (κ1) is 11.6. The molecule has 1 unspecified atom stereocenters. The first-order valence-electron chi connectivity index (χ1n) is 5.35. The number of H-pyrrole nitrogens is 1. The van der Waals surface area contributed by atoms with Gasteiger partial charge in [0.1, 0.15) is 0 Å². The van der Waals surface area contributed by atoms with Crippen molar-refractivity contribution >= 4 is 10.0 Å². The summed E-state index contributed by atoms with van der Waals surface area (Å²) in [7, 11) is -3.45. The van der Waals surface area contributed by atoms with Crippen molar-refractivity contribution in [2.45, 2.75) is 30.2 Å². The lowest BCUT2D eigenvalue weighted by atomic mass is 9.98. The zero-order valence-electron chi connectivity index (χ0n) is 9.23. The number of aromatic nitrogens is 1. The van der Waals surface area contributed by atoms with Gasteiger partial charge in [-0.3, -0.25) is 0 Å². The Morgan fingerprint density at radius 1 is 1.62 bits per heavy atom. The summed E-state index contributed by atoms with van der Waals surface area (Å²) in [5.74, 6) is 0.367. The average Bonchev–Trinajstić information content (AvgIpc) is 2.93. The van der Waals surface area contributed by atoms with E-state index in [-0.39, 0.29) is 4.90 Å². The van der Waals surface area contributed by atoms with Gasteiger partial charge >= 0.3 is 0 Å². The van der Waals surface area contributed by atoms with E-state index in [1.807, 2.05) is 6.92 Å². The number of aromatic amines is 1. The van der Waals surface area contributed by atoms with Gasteiger partial charge in [0.15, 0.2) is 0 Å². The Hall–Kier alpha value is -0.850. The molecule has 1 aromatic heterocycles. The van der Waals surface area contributed by atoms with Crippen LogP contribution in [0, 0.1) is 5.92 Å². The van der Waals surface area contributed by atoms with Gasteiger partial charge in [0.05, 0.1) is 4.90 Å². The summed E-state index contributed by atoms with van der Waals surface area (Å²) in [5, 5.41) is 0. The van der Waals surface area contributed by atoms with Crippen LogP contribution in [0.2, 0.25) is 0 Å². The second-order valence-corrected chi connectivity index (χ2v) is 6.23. The van der Waals surface area contributed by atoms with E-state index < -0.39 is 15.6 Å². The molecule has 1 atom stereocenters. The quantitative estimate of drug-likeness (QED) is 0.700. The summed E-state index contributed by atoms with van der Waals surface area (Å²) in [6, 6.07) is 1.53. The molecule has 0 amide bonds. The number of nitrogens with one attached hydrogen (secondary N) is 2. The summed E-state index contributed by atoms with van der Waals surface area (Å²) >= 11 is 0.